The van der Waals surface area contributed by atoms with Crippen LogP contribution in [0.4, 0.5) is 0 Å². The van der Waals surface area contributed by atoms with Gasteiger partial charge in [-0.3, -0.25) is 0 Å². The number of hydrogen-bond acceptors (Lipinski definition) is 8. The summed E-state index contributed by atoms with van der Waals surface area (Å²) in [5.41, 5.74) is 2.62. The predicted octanol–water partition coefficient (Wildman–Crippen LogP) is 5.00. The van der Waals surface area contributed by atoms with Crippen molar-refractivity contribution in [3.8, 4) is 23.0 Å². The first kappa shape index (κ1) is 27.3. The summed E-state index contributed by atoms with van der Waals surface area (Å²) in [6.07, 6.45) is 3.96. The minimum atomic E-state index is -0.744. The molecule has 0 aliphatic carbocycles. The van der Waals surface area contributed by atoms with Gasteiger partial charge in [0.05, 0.1) is 0 Å². The topological polar surface area (TPSA) is 105 Å². The molecule has 0 fully saturated rings. The average Bonchev–Trinajstić information content (AvgIpc) is 2.88. The van der Waals surface area contributed by atoms with Gasteiger partial charge in [-0.15, -0.1) is 0 Å². The smallest absolute Gasteiger partial charge is 0.335 e. The molecule has 0 aromatic heterocycles. The third-order valence-corrected chi connectivity index (χ3v) is 4.78. The molecule has 0 heterocycles. The number of allylic oxidation sites excluding steroid dienone is 2. The van der Waals surface area contributed by atoms with Crippen molar-refractivity contribution in [1.82, 2.24) is 0 Å². The highest BCUT2D eigenvalue weighted by atomic mass is 16.6. The van der Waals surface area contributed by atoms with Crippen molar-refractivity contribution in [3.63, 3.8) is 0 Å². The number of esters is 4. The molecule has 0 atom stereocenters. The molecule has 0 aliphatic rings. The van der Waals surface area contributed by atoms with Crippen LogP contribution >= 0.6 is 0 Å². The molecule has 0 N–H and O–H groups in total. The van der Waals surface area contributed by atoms with Gasteiger partial charge in [-0.05, 0) is 60.4 Å². The zero-order valence-electron chi connectivity index (χ0n) is 19.9. The van der Waals surface area contributed by atoms with Crippen LogP contribution in [0.25, 0.3) is 11.1 Å². The molecule has 0 amide bonds. The van der Waals surface area contributed by atoms with Gasteiger partial charge in [0, 0.05) is 30.4 Å². The lowest BCUT2D eigenvalue weighted by Crippen LogP contribution is -2.09. The van der Waals surface area contributed by atoms with Crippen LogP contribution in [0.3, 0.4) is 0 Å². The molecular weight excluding hydrogens is 464 g/mol. The highest BCUT2D eigenvalue weighted by Crippen LogP contribution is 2.36. The second-order valence-corrected chi connectivity index (χ2v) is 7.11. The Morgan fingerprint density at radius 3 is 1.44 bits per heavy atom. The normalized spacial score (nSPS) is 10.7. The summed E-state index contributed by atoms with van der Waals surface area (Å²) >= 11 is 0. The summed E-state index contributed by atoms with van der Waals surface area (Å²) in [6.45, 7) is 17.1. The minimum Gasteiger partial charge on any atom is -0.423 e. The van der Waals surface area contributed by atoms with Crippen LogP contribution in [0.5, 0.6) is 23.0 Å². The van der Waals surface area contributed by atoms with E-state index in [1.165, 1.54) is 18.2 Å². The average molecular weight is 488 g/mol. The molecule has 0 unspecified atom stereocenters. The van der Waals surface area contributed by atoms with Crippen molar-refractivity contribution in [2.45, 2.75) is 13.8 Å². The molecule has 0 aliphatic heterocycles. The highest BCUT2D eigenvalue weighted by molar-refractivity contribution is 5.92. The van der Waals surface area contributed by atoms with Crippen molar-refractivity contribution < 1.29 is 38.1 Å². The summed E-state index contributed by atoms with van der Waals surface area (Å²) in [5.74, 6) is -2.58. The van der Waals surface area contributed by atoms with Gasteiger partial charge in [-0.25, -0.2) is 19.2 Å². The predicted molar refractivity (Wildman–Crippen MR) is 134 cm³/mol. The molecule has 8 heteroatoms. The summed E-state index contributed by atoms with van der Waals surface area (Å²) in [5, 5.41) is 0. The Bertz CT molecular complexity index is 1260. The minimum absolute atomic E-state index is 0.00554. The maximum Gasteiger partial charge on any atom is 0.335 e. The fourth-order valence-electron chi connectivity index (χ4n) is 2.86. The van der Waals surface area contributed by atoms with Crippen LogP contribution in [-0.2, 0) is 19.2 Å². The first-order chi connectivity index (χ1) is 17.1. The van der Waals surface area contributed by atoms with Gasteiger partial charge in [-0.2, -0.15) is 0 Å². The van der Waals surface area contributed by atoms with Crippen LogP contribution in [0.2, 0.25) is 0 Å². The summed E-state index contributed by atoms with van der Waals surface area (Å²) in [4.78, 5) is 46.9. The quantitative estimate of drug-likeness (QED) is 0.199. The Morgan fingerprint density at radius 2 is 0.972 bits per heavy atom. The number of benzene rings is 2. The van der Waals surface area contributed by atoms with Gasteiger partial charge in [-0.1, -0.05) is 32.4 Å². The first-order valence-corrected chi connectivity index (χ1v) is 10.5. The van der Waals surface area contributed by atoms with Crippen LogP contribution in [0, 0.1) is 0 Å². The van der Waals surface area contributed by atoms with Crippen molar-refractivity contribution in [1.29, 1.82) is 0 Å². The lowest BCUT2D eigenvalue weighted by molar-refractivity contribution is -0.131. The van der Waals surface area contributed by atoms with Crippen LogP contribution in [0.15, 0.2) is 87.0 Å². The molecule has 0 bridgehead atoms. The number of hydrogen-bond donors (Lipinski definition) is 0. The lowest BCUT2D eigenvalue weighted by atomic mass is 9.96. The lowest BCUT2D eigenvalue weighted by Gasteiger charge is -2.14. The van der Waals surface area contributed by atoms with E-state index >= 15 is 0 Å². The standard InChI is InChI=1S/C28H24O8/c1-7-25(29)33-21-13-20(14-22(16-21)34-26(30)8-2)18(6)17(5)19-11-12-23(35-27(31)9-3)24(15-19)36-28(32)10-4/h7-16H,1-4H2,5-6H3. The van der Waals surface area contributed by atoms with E-state index in [0.29, 0.717) is 16.7 Å². The summed E-state index contributed by atoms with van der Waals surface area (Å²) in [7, 11) is 0. The molecule has 0 radical (unpaired) electrons. The van der Waals surface area contributed by atoms with Crippen molar-refractivity contribution in [3.05, 3.63) is 98.1 Å². The zero-order valence-corrected chi connectivity index (χ0v) is 19.9. The van der Waals surface area contributed by atoms with Gasteiger partial charge >= 0.3 is 23.9 Å². The third kappa shape index (κ3) is 7.26. The largest absolute Gasteiger partial charge is 0.423 e. The molecule has 8 nitrogen and oxygen atoms in total. The van der Waals surface area contributed by atoms with E-state index in [1.807, 2.05) is 0 Å². The fourth-order valence-corrected chi connectivity index (χ4v) is 2.86. The Hall–Kier alpha value is -4.98. The molecule has 2 aromatic rings. The third-order valence-electron chi connectivity index (χ3n) is 4.78. The van der Waals surface area contributed by atoms with E-state index < -0.39 is 23.9 Å². The van der Waals surface area contributed by atoms with Crippen molar-refractivity contribution >= 4 is 35.0 Å². The molecule has 0 spiro atoms. The molecule has 0 saturated carbocycles. The first-order valence-electron chi connectivity index (χ1n) is 10.5. The Morgan fingerprint density at radius 1 is 0.556 bits per heavy atom. The molecule has 36 heavy (non-hydrogen) atoms. The molecule has 184 valence electrons. The van der Waals surface area contributed by atoms with Crippen LogP contribution < -0.4 is 18.9 Å². The van der Waals surface area contributed by atoms with Gasteiger partial charge in [0.1, 0.15) is 11.5 Å². The van der Waals surface area contributed by atoms with E-state index in [2.05, 4.69) is 26.3 Å². The van der Waals surface area contributed by atoms with E-state index in [-0.39, 0.29) is 23.0 Å². The Labute approximate surface area is 208 Å². The Balaban J connectivity index is 2.60. The fraction of sp³-hybridized carbons (Fsp3) is 0.0714. The maximum absolute atomic E-state index is 11.8. The highest BCUT2D eigenvalue weighted by Gasteiger charge is 2.16. The number of carbonyl (C=O) groups is 4. The monoisotopic (exact) mass is 488 g/mol. The SMILES string of the molecule is C=CC(=O)Oc1cc(OC(=O)C=C)cc(C(C)=C(C)c2ccc(OC(=O)C=C)c(OC(=O)C=C)c2)c1. The van der Waals surface area contributed by atoms with E-state index in [9.17, 15) is 19.2 Å². The van der Waals surface area contributed by atoms with Gasteiger partial charge in [0.15, 0.2) is 11.5 Å². The zero-order chi connectivity index (χ0) is 26.8. The molecule has 2 rings (SSSR count). The van der Waals surface area contributed by atoms with Crippen LogP contribution in [0.1, 0.15) is 25.0 Å². The van der Waals surface area contributed by atoms with E-state index in [4.69, 9.17) is 18.9 Å². The maximum atomic E-state index is 11.8. The summed E-state index contributed by atoms with van der Waals surface area (Å²) in [6, 6.07) is 9.21. The second-order valence-electron chi connectivity index (χ2n) is 7.11. The summed E-state index contributed by atoms with van der Waals surface area (Å²) < 4.78 is 20.8. The van der Waals surface area contributed by atoms with Crippen molar-refractivity contribution in [2.24, 2.45) is 0 Å². The van der Waals surface area contributed by atoms with Gasteiger partial charge in [0.2, 0.25) is 0 Å². The number of carbonyl (C=O) groups excluding carboxylic acids is 4. The molecule has 2 aromatic carbocycles. The number of ether oxygens (including phenoxy) is 4. The van der Waals surface area contributed by atoms with Crippen LogP contribution in [-0.4, -0.2) is 23.9 Å². The van der Waals surface area contributed by atoms with Crippen molar-refractivity contribution in [2.75, 3.05) is 0 Å². The van der Waals surface area contributed by atoms with Gasteiger partial charge < -0.3 is 18.9 Å². The number of rotatable bonds is 10. The molecular formula is C28H24O8. The molecule has 0 saturated heterocycles. The Kier molecular flexibility index (Phi) is 9.45. The van der Waals surface area contributed by atoms with E-state index in [0.717, 1.165) is 29.9 Å². The van der Waals surface area contributed by atoms with Gasteiger partial charge in [0.25, 0.3) is 0 Å². The van der Waals surface area contributed by atoms with E-state index in [1.54, 1.807) is 32.0 Å². The second kappa shape index (κ2) is 12.5.